The Morgan fingerprint density at radius 3 is 3.18 bits per heavy atom. The quantitative estimate of drug-likeness (QED) is 0.713. The molecule has 0 fully saturated rings. The van der Waals surface area contributed by atoms with Crippen molar-refractivity contribution < 1.29 is 9.90 Å². The van der Waals surface area contributed by atoms with Crippen LogP contribution in [0.25, 0.3) is 0 Å². The van der Waals surface area contributed by atoms with Crippen molar-refractivity contribution >= 4 is 17.7 Å². The second-order valence-corrected chi connectivity index (χ2v) is 2.87. The van der Waals surface area contributed by atoms with Crippen LogP contribution in [0.4, 0.5) is 0 Å². The molecule has 0 aromatic carbocycles. The number of H-pyrrole nitrogens is 1. The van der Waals surface area contributed by atoms with Crippen LogP contribution in [0.2, 0.25) is 0 Å². The Morgan fingerprint density at radius 2 is 2.64 bits per heavy atom. The third-order valence-corrected chi connectivity index (χ3v) is 1.81. The Kier molecular flexibility index (Phi) is 2.53. The SMILES string of the molecule is CSCc1[nH]ncc1C(=O)O. The molecular formula is C6H8N2O2S. The van der Waals surface area contributed by atoms with Gasteiger partial charge in [0.15, 0.2) is 0 Å². The molecule has 5 heteroatoms. The van der Waals surface area contributed by atoms with Crippen molar-refractivity contribution in [1.82, 2.24) is 10.2 Å². The van der Waals surface area contributed by atoms with Gasteiger partial charge < -0.3 is 5.11 Å². The van der Waals surface area contributed by atoms with Gasteiger partial charge in [-0.05, 0) is 6.26 Å². The van der Waals surface area contributed by atoms with Crippen LogP contribution >= 0.6 is 11.8 Å². The Hall–Kier alpha value is -0.970. The summed E-state index contributed by atoms with van der Waals surface area (Å²) >= 11 is 1.56. The van der Waals surface area contributed by atoms with Crippen LogP contribution in [0.1, 0.15) is 16.1 Å². The Labute approximate surface area is 68.0 Å². The number of thioether (sulfide) groups is 1. The number of nitrogens with zero attached hydrogens (tertiary/aromatic N) is 1. The number of carboxylic acid groups (broad SMARTS) is 1. The Morgan fingerprint density at radius 1 is 1.91 bits per heavy atom. The highest BCUT2D eigenvalue weighted by molar-refractivity contribution is 7.97. The molecule has 0 aliphatic heterocycles. The Bertz CT molecular complexity index is 259. The van der Waals surface area contributed by atoms with Gasteiger partial charge in [0.2, 0.25) is 0 Å². The van der Waals surface area contributed by atoms with E-state index in [1.807, 2.05) is 6.26 Å². The van der Waals surface area contributed by atoms with Crippen LogP contribution < -0.4 is 0 Å². The molecule has 1 aromatic heterocycles. The summed E-state index contributed by atoms with van der Waals surface area (Å²) in [4.78, 5) is 10.5. The lowest BCUT2D eigenvalue weighted by atomic mass is 10.3. The lowest BCUT2D eigenvalue weighted by molar-refractivity contribution is 0.0696. The topological polar surface area (TPSA) is 66.0 Å². The molecular weight excluding hydrogens is 164 g/mol. The molecule has 0 saturated heterocycles. The first-order valence-corrected chi connectivity index (χ1v) is 4.39. The summed E-state index contributed by atoms with van der Waals surface area (Å²) in [6, 6.07) is 0. The van der Waals surface area contributed by atoms with E-state index < -0.39 is 5.97 Å². The average Bonchev–Trinajstić information content (AvgIpc) is 2.36. The predicted molar refractivity (Wildman–Crippen MR) is 42.8 cm³/mol. The van der Waals surface area contributed by atoms with E-state index in [-0.39, 0.29) is 5.56 Å². The van der Waals surface area contributed by atoms with Gasteiger partial charge in [-0.15, -0.1) is 0 Å². The minimum atomic E-state index is -0.928. The lowest BCUT2D eigenvalue weighted by Crippen LogP contribution is -1.98. The smallest absolute Gasteiger partial charge is 0.339 e. The second kappa shape index (κ2) is 3.43. The highest BCUT2D eigenvalue weighted by Gasteiger charge is 2.10. The molecule has 0 saturated carbocycles. The summed E-state index contributed by atoms with van der Waals surface area (Å²) in [5, 5.41) is 14.9. The van der Waals surface area contributed by atoms with Crippen molar-refractivity contribution in [3.8, 4) is 0 Å². The maximum absolute atomic E-state index is 10.5. The fraction of sp³-hybridized carbons (Fsp3) is 0.333. The zero-order valence-corrected chi connectivity index (χ0v) is 6.81. The average molecular weight is 172 g/mol. The van der Waals surface area contributed by atoms with E-state index >= 15 is 0 Å². The van der Waals surface area contributed by atoms with Crippen molar-refractivity contribution in [2.45, 2.75) is 5.75 Å². The lowest BCUT2D eigenvalue weighted by Gasteiger charge is -1.93. The summed E-state index contributed by atoms with van der Waals surface area (Å²) in [6.45, 7) is 0. The zero-order chi connectivity index (χ0) is 8.27. The molecule has 60 valence electrons. The van der Waals surface area contributed by atoms with Crippen LogP contribution in [0, 0.1) is 0 Å². The van der Waals surface area contributed by atoms with Gasteiger partial charge in [-0.2, -0.15) is 16.9 Å². The summed E-state index contributed by atoms with van der Waals surface area (Å²) in [5.74, 6) is -0.274. The highest BCUT2D eigenvalue weighted by Crippen LogP contribution is 2.10. The van der Waals surface area contributed by atoms with Crippen LogP contribution in [0.5, 0.6) is 0 Å². The molecule has 0 aliphatic rings. The minimum Gasteiger partial charge on any atom is -0.478 e. The molecule has 0 aliphatic carbocycles. The number of hydrogen-bond acceptors (Lipinski definition) is 3. The normalized spacial score (nSPS) is 9.91. The summed E-state index contributed by atoms with van der Waals surface area (Å²) in [6.07, 6.45) is 3.24. The molecule has 0 spiro atoms. The van der Waals surface area contributed by atoms with Crippen molar-refractivity contribution in [3.05, 3.63) is 17.5 Å². The van der Waals surface area contributed by atoms with Gasteiger partial charge in [-0.3, -0.25) is 5.10 Å². The zero-order valence-electron chi connectivity index (χ0n) is 6.00. The number of nitrogens with one attached hydrogen (secondary N) is 1. The first kappa shape index (κ1) is 8.13. The van der Waals surface area contributed by atoms with E-state index in [1.54, 1.807) is 11.8 Å². The predicted octanol–water partition coefficient (Wildman–Crippen LogP) is 0.971. The number of rotatable bonds is 3. The molecule has 2 N–H and O–H groups in total. The fourth-order valence-electron chi connectivity index (χ4n) is 0.752. The molecule has 1 aromatic rings. The summed E-state index contributed by atoms with van der Waals surface area (Å²) in [7, 11) is 0. The third-order valence-electron chi connectivity index (χ3n) is 1.24. The van der Waals surface area contributed by atoms with Gasteiger partial charge >= 0.3 is 5.97 Å². The van der Waals surface area contributed by atoms with Gasteiger partial charge in [-0.1, -0.05) is 0 Å². The molecule has 4 nitrogen and oxygen atoms in total. The molecule has 0 bridgehead atoms. The number of carbonyl (C=O) groups is 1. The van der Waals surface area contributed by atoms with Crippen molar-refractivity contribution in [3.63, 3.8) is 0 Å². The fourth-order valence-corrected chi connectivity index (χ4v) is 1.26. The van der Waals surface area contributed by atoms with E-state index in [2.05, 4.69) is 10.2 Å². The van der Waals surface area contributed by atoms with Gasteiger partial charge in [0.05, 0.1) is 11.9 Å². The van der Waals surface area contributed by atoms with Crippen LogP contribution in [-0.4, -0.2) is 27.5 Å². The maximum Gasteiger partial charge on any atom is 0.339 e. The number of aromatic carboxylic acids is 1. The largest absolute Gasteiger partial charge is 0.478 e. The van der Waals surface area contributed by atoms with E-state index in [1.165, 1.54) is 6.20 Å². The van der Waals surface area contributed by atoms with E-state index in [0.29, 0.717) is 11.4 Å². The highest BCUT2D eigenvalue weighted by atomic mass is 32.2. The van der Waals surface area contributed by atoms with Crippen molar-refractivity contribution in [2.75, 3.05) is 6.26 Å². The molecule has 1 heterocycles. The van der Waals surface area contributed by atoms with Gasteiger partial charge in [0.25, 0.3) is 0 Å². The molecule has 0 amide bonds. The van der Waals surface area contributed by atoms with Crippen molar-refractivity contribution in [2.24, 2.45) is 0 Å². The molecule has 11 heavy (non-hydrogen) atoms. The standard InChI is InChI=1S/C6H8N2O2S/c1-11-3-5-4(6(9)10)2-7-8-5/h2H,3H2,1H3,(H,7,8)(H,9,10). The first-order valence-electron chi connectivity index (χ1n) is 3.00. The second-order valence-electron chi connectivity index (χ2n) is 2.00. The van der Waals surface area contributed by atoms with E-state index in [4.69, 9.17) is 5.11 Å². The van der Waals surface area contributed by atoms with Crippen LogP contribution in [0.15, 0.2) is 6.20 Å². The number of aromatic nitrogens is 2. The number of hydrogen-bond donors (Lipinski definition) is 2. The monoisotopic (exact) mass is 172 g/mol. The molecule has 0 unspecified atom stereocenters. The summed E-state index contributed by atoms with van der Waals surface area (Å²) < 4.78 is 0. The van der Waals surface area contributed by atoms with Gasteiger partial charge in [-0.25, -0.2) is 4.79 Å². The Balaban J connectivity index is 2.87. The summed E-state index contributed by atoms with van der Waals surface area (Å²) in [5.41, 5.74) is 0.935. The van der Waals surface area contributed by atoms with Crippen molar-refractivity contribution in [1.29, 1.82) is 0 Å². The van der Waals surface area contributed by atoms with E-state index in [9.17, 15) is 4.79 Å². The van der Waals surface area contributed by atoms with Gasteiger partial charge in [0, 0.05) is 5.75 Å². The van der Waals surface area contributed by atoms with Crippen LogP contribution in [-0.2, 0) is 5.75 Å². The van der Waals surface area contributed by atoms with E-state index in [0.717, 1.165) is 0 Å². The number of aromatic amines is 1. The molecule has 0 atom stereocenters. The minimum absolute atomic E-state index is 0.263. The maximum atomic E-state index is 10.5. The molecule has 1 rings (SSSR count). The van der Waals surface area contributed by atoms with Crippen LogP contribution in [0.3, 0.4) is 0 Å². The third kappa shape index (κ3) is 1.74. The number of carboxylic acids is 1. The molecule has 0 radical (unpaired) electrons. The van der Waals surface area contributed by atoms with Gasteiger partial charge in [0.1, 0.15) is 5.56 Å². The first-order chi connectivity index (χ1) is 5.25.